The van der Waals surface area contributed by atoms with Crippen molar-refractivity contribution in [2.75, 3.05) is 11.5 Å². The van der Waals surface area contributed by atoms with Crippen LogP contribution in [0.15, 0.2) is 0 Å². The SMILES string of the molecule is CC(C)CCSCC(=O)N[C@@H]1CC[C@H](C(=O)O)C1. The van der Waals surface area contributed by atoms with Gasteiger partial charge in [-0.05, 0) is 37.4 Å². The van der Waals surface area contributed by atoms with Crippen LogP contribution in [0.5, 0.6) is 0 Å². The summed E-state index contributed by atoms with van der Waals surface area (Å²) in [6.07, 6.45) is 3.18. The van der Waals surface area contributed by atoms with Gasteiger partial charge in [0, 0.05) is 6.04 Å². The molecule has 1 rings (SSSR count). The zero-order chi connectivity index (χ0) is 13.5. The summed E-state index contributed by atoms with van der Waals surface area (Å²) in [6.45, 7) is 4.34. The Labute approximate surface area is 113 Å². The molecule has 2 atom stereocenters. The van der Waals surface area contributed by atoms with Crippen LogP contribution >= 0.6 is 11.8 Å². The fourth-order valence-electron chi connectivity index (χ4n) is 2.09. The van der Waals surface area contributed by atoms with Crippen LogP contribution in [0.3, 0.4) is 0 Å². The van der Waals surface area contributed by atoms with Crippen LogP contribution in [0, 0.1) is 11.8 Å². The molecule has 1 saturated carbocycles. The molecule has 1 aliphatic carbocycles. The first-order valence-corrected chi connectivity index (χ1v) is 7.74. The maximum atomic E-state index is 11.6. The third-order valence-electron chi connectivity index (χ3n) is 3.22. The molecular formula is C13H23NO3S. The topological polar surface area (TPSA) is 66.4 Å². The number of carbonyl (C=O) groups is 2. The molecule has 5 heteroatoms. The second-order valence-electron chi connectivity index (χ2n) is 5.35. The summed E-state index contributed by atoms with van der Waals surface area (Å²) in [6, 6.07) is 0.0595. The van der Waals surface area contributed by atoms with Gasteiger partial charge >= 0.3 is 5.97 Å². The van der Waals surface area contributed by atoms with Gasteiger partial charge in [0.25, 0.3) is 0 Å². The van der Waals surface area contributed by atoms with Crippen molar-refractivity contribution in [3.8, 4) is 0 Å². The highest BCUT2D eigenvalue weighted by atomic mass is 32.2. The molecule has 0 spiro atoms. The van der Waals surface area contributed by atoms with Gasteiger partial charge in [-0.2, -0.15) is 11.8 Å². The summed E-state index contributed by atoms with van der Waals surface area (Å²) in [7, 11) is 0. The molecule has 0 aromatic rings. The number of aliphatic carboxylic acids is 1. The van der Waals surface area contributed by atoms with Gasteiger partial charge in [-0.3, -0.25) is 9.59 Å². The summed E-state index contributed by atoms with van der Waals surface area (Å²) < 4.78 is 0. The maximum absolute atomic E-state index is 11.6. The van der Waals surface area contributed by atoms with Crippen LogP contribution in [-0.4, -0.2) is 34.5 Å². The van der Waals surface area contributed by atoms with E-state index in [4.69, 9.17) is 5.11 Å². The van der Waals surface area contributed by atoms with Gasteiger partial charge in [0.05, 0.1) is 11.7 Å². The number of carboxylic acid groups (broad SMARTS) is 1. The Morgan fingerprint density at radius 1 is 1.39 bits per heavy atom. The molecule has 0 radical (unpaired) electrons. The fraction of sp³-hybridized carbons (Fsp3) is 0.846. The lowest BCUT2D eigenvalue weighted by molar-refractivity contribution is -0.141. The van der Waals surface area contributed by atoms with Gasteiger partial charge in [0.2, 0.25) is 5.91 Å². The van der Waals surface area contributed by atoms with E-state index in [1.807, 2.05) is 0 Å². The number of amides is 1. The van der Waals surface area contributed by atoms with E-state index in [0.717, 1.165) is 18.6 Å². The number of rotatable bonds is 7. The summed E-state index contributed by atoms with van der Waals surface area (Å²) in [5, 5.41) is 11.8. The fourth-order valence-corrected chi connectivity index (χ4v) is 3.14. The lowest BCUT2D eigenvalue weighted by atomic mass is 10.1. The van der Waals surface area contributed by atoms with Gasteiger partial charge in [0.1, 0.15) is 0 Å². The molecule has 0 bridgehead atoms. The minimum absolute atomic E-state index is 0.0415. The van der Waals surface area contributed by atoms with Gasteiger partial charge in [-0.25, -0.2) is 0 Å². The summed E-state index contributed by atoms with van der Waals surface area (Å²) >= 11 is 1.65. The van der Waals surface area contributed by atoms with Crippen molar-refractivity contribution in [3.05, 3.63) is 0 Å². The summed E-state index contributed by atoms with van der Waals surface area (Å²) in [4.78, 5) is 22.4. The van der Waals surface area contributed by atoms with Gasteiger partial charge in [0.15, 0.2) is 0 Å². The number of hydrogen-bond donors (Lipinski definition) is 2. The van der Waals surface area contributed by atoms with Crippen molar-refractivity contribution in [2.24, 2.45) is 11.8 Å². The highest BCUT2D eigenvalue weighted by Gasteiger charge is 2.30. The highest BCUT2D eigenvalue weighted by molar-refractivity contribution is 7.99. The van der Waals surface area contributed by atoms with E-state index in [1.54, 1.807) is 11.8 Å². The third-order valence-corrected chi connectivity index (χ3v) is 4.21. The van der Waals surface area contributed by atoms with E-state index >= 15 is 0 Å². The smallest absolute Gasteiger partial charge is 0.306 e. The number of thioether (sulfide) groups is 1. The number of nitrogens with one attached hydrogen (secondary N) is 1. The second-order valence-corrected chi connectivity index (χ2v) is 6.45. The first-order valence-electron chi connectivity index (χ1n) is 6.59. The van der Waals surface area contributed by atoms with Crippen molar-refractivity contribution in [2.45, 2.75) is 45.6 Å². The monoisotopic (exact) mass is 273 g/mol. The van der Waals surface area contributed by atoms with Crippen LogP contribution in [-0.2, 0) is 9.59 Å². The molecule has 0 unspecified atom stereocenters. The van der Waals surface area contributed by atoms with Crippen molar-refractivity contribution < 1.29 is 14.7 Å². The minimum atomic E-state index is -0.738. The van der Waals surface area contributed by atoms with E-state index in [-0.39, 0.29) is 17.9 Å². The van der Waals surface area contributed by atoms with Crippen LogP contribution < -0.4 is 5.32 Å². The first kappa shape index (κ1) is 15.3. The van der Waals surface area contributed by atoms with Gasteiger partial charge < -0.3 is 10.4 Å². The molecular weight excluding hydrogens is 250 g/mol. The number of carbonyl (C=O) groups excluding carboxylic acids is 1. The average molecular weight is 273 g/mol. The first-order chi connectivity index (χ1) is 8.49. The lowest BCUT2D eigenvalue weighted by Gasteiger charge is -2.12. The normalized spacial score (nSPS) is 23.3. The second kappa shape index (κ2) is 7.67. The minimum Gasteiger partial charge on any atom is -0.481 e. The summed E-state index contributed by atoms with van der Waals surface area (Å²) in [5.41, 5.74) is 0. The molecule has 18 heavy (non-hydrogen) atoms. The predicted molar refractivity (Wildman–Crippen MR) is 73.7 cm³/mol. The Morgan fingerprint density at radius 2 is 2.11 bits per heavy atom. The van der Waals surface area contributed by atoms with Crippen LogP contribution in [0.2, 0.25) is 0 Å². The molecule has 4 nitrogen and oxygen atoms in total. The van der Waals surface area contributed by atoms with Crippen LogP contribution in [0.4, 0.5) is 0 Å². The van der Waals surface area contributed by atoms with E-state index in [2.05, 4.69) is 19.2 Å². The summed E-state index contributed by atoms with van der Waals surface area (Å²) in [5.74, 6) is 1.20. The average Bonchev–Trinajstić information content (AvgIpc) is 2.72. The van der Waals surface area contributed by atoms with Crippen molar-refractivity contribution in [1.82, 2.24) is 5.32 Å². The predicted octanol–water partition coefficient (Wildman–Crippen LogP) is 2.14. The molecule has 0 heterocycles. The van der Waals surface area contributed by atoms with Crippen LogP contribution in [0.1, 0.15) is 39.5 Å². The van der Waals surface area contributed by atoms with Gasteiger partial charge in [-0.1, -0.05) is 13.8 Å². The molecule has 1 aliphatic rings. The maximum Gasteiger partial charge on any atom is 0.306 e. The Morgan fingerprint density at radius 3 is 2.67 bits per heavy atom. The zero-order valence-corrected chi connectivity index (χ0v) is 12.0. The zero-order valence-electron chi connectivity index (χ0n) is 11.1. The Balaban J connectivity index is 2.12. The number of carboxylic acids is 1. The van der Waals surface area contributed by atoms with Crippen LogP contribution in [0.25, 0.3) is 0 Å². The molecule has 0 aliphatic heterocycles. The molecule has 1 fully saturated rings. The quantitative estimate of drug-likeness (QED) is 0.697. The standard InChI is InChI=1S/C13H23NO3S/c1-9(2)5-6-18-8-12(15)14-11-4-3-10(7-11)13(16)17/h9-11H,3-8H2,1-2H3,(H,14,15)(H,16,17)/t10-,11+/m0/s1. The molecule has 2 N–H and O–H groups in total. The van der Waals surface area contributed by atoms with Crippen molar-refractivity contribution in [3.63, 3.8) is 0 Å². The van der Waals surface area contributed by atoms with E-state index in [0.29, 0.717) is 24.5 Å². The van der Waals surface area contributed by atoms with Crippen molar-refractivity contribution in [1.29, 1.82) is 0 Å². The molecule has 0 aromatic carbocycles. The largest absolute Gasteiger partial charge is 0.481 e. The highest BCUT2D eigenvalue weighted by Crippen LogP contribution is 2.25. The van der Waals surface area contributed by atoms with E-state index < -0.39 is 5.97 Å². The van der Waals surface area contributed by atoms with E-state index in [9.17, 15) is 9.59 Å². The van der Waals surface area contributed by atoms with Gasteiger partial charge in [-0.15, -0.1) is 0 Å². The Bertz CT molecular complexity index is 294. The third kappa shape index (κ3) is 5.76. The number of hydrogen-bond acceptors (Lipinski definition) is 3. The molecule has 1 amide bonds. The molecule has 104 valence electrons. The molecule has 0 aromatic heterocycles. The Hall–Kier alpha value is -0.710. The lowest BCUT2D eigenvalue weighted by Crippen LogP contribution is -2.34. The van der Waals surface area contributed by atoms with Crippen molar-refractivity contribution >= 4 is 23.6 Å². The van der Waals surface area contributed by atoms with E-state index in [1.165, 1.54) is 0 Å². The molecule has 0 saturated heterocycles. The Kier molecular flexibility index (Phi) is 6.54.